The van der Waals surface area contributed by atoms with Crippen molar-refractivity contribution >= 4 is 58.2 Å². The number of carbonyl (C=O) groups excluding carboxylic acids is 2. The molecule has 9 nitrogen and oxygen atoms in total. The number of fused-ring (bicyclic) bond motifs is 1. The van der Waals surface area contributed by atoms with Crippen molar-refractivity contribution < 1.29 is 14.3 Å². The van der Waals surface area contributed by atoms with Crippen LogP contribution in [0, 0.1) is 0 Å². The van der Waals surface area contributed by atoms with Crippen LogP contribution in [0.3, 0.4) is 0 Å². The highest BCUT2D eigenvalue weighted by Gasteiger charge is 2.34. The lowest BCUT2D eigenvalue weighted by Crippen LogP contribution is -2.36. The van der Waals surface area contributed by atoms with E-state index in [1.807, 2.05) is 0 Å². The van der Waals surface area contributed by atoms with Gasteiger partial charge in [0.2, 0.25) is 17.8 Å². The van der Waals surface area contributed by atoms with Gasteiger partial charge in [0, 0.05) is 17.8 Å². The molecule has 1 aliphatic heterocycles. The van der Waals surface area contributed by atoms with Crippen LogP contribution in [-0.4, -0.2) is 28.9 Å². The van der Waals surface area contributed by atoms with Gasteiger partial charge in [-0.05, 0) is 42.5 Å². The minimum Gasteiger partial charge on any atom is -0.497 e. The number of H-pyrrole nitrogens is 1. The number of hydrogen-bond donors (Lipinski definition) is 4. The molecule has 0 bridgehead atoms. The average Bonchev–Trinajstić information content (AvgIpc) is 2.76. The topological polar surface area (TPSA) is 125 Å². The van der Waals surface area contributed by atoms with E-state index in [-0.39, 0.29) is 28.8 Å². The van der Waals surface area contributed by atoms with Crippen LogP contribution in [0.4, 0.5) is 23.1 Å². The van der Waals surface area contributed by atoms with Gasteiger partial charge in [-0.3, -0.25) is 19.4 Å². The first kappa shape index (κ1) is 21.7. The van der Waals surface area contributed by atoms with Crippen LogP contribution in [-0.2, 0) is 9.59 Å². The van der Waals surface area contributed by atoms with E-state index in [1.165, 1.54) is 12.1 Å². The second-order valence-corrected chi connectivity index (χ2v) is 7.77. The molecular weight excluding hydrogens is 457 g/mol. The molecule has 3 aromatic rings. The molecular formula is C21H17Cl2N5O4. The summed E-state index contributed by atoms with van der Waals surface area (Å²) in [4.78, 5) is 44.8. The Hall–Kier alpha value is -3.56. The van der Waals surface area contributed by atoms with Gasteiger partial charge in [-0.25, -0.2) is 0 Å². The lowest BCUT2D eigenvalue weighted by molar-refractivity contribution is -0.123. The molecule has 11 heteroatoms. The highest BCUT2D eigenvalue weighted by molar-refractivity contribution is 6.42. The van der Waals surface area contributed by atoms with Crippen LogP contribution in [0.2, 0.25) is 10.0 Å². The van der Waals surface area contributed by atoms with Gasteiger partial charge in [0.25, 0.3) is 5.56 Å². The Morgan fingerprint density at radius 3 is 2.50 bits per heavy atom. The SMILES string of the molecule is COc1ccc(Nc2nc3c(c(=O)[nH]2)[C@H](C(=O)Nc2ccc(Cl)c(Cl)c2)CC(=O)N3)cc1. The van der Waals surface area contributed by atoms with Crippen LogP contribution >= 0.6 is 23.2 Å². The summed E-state index contributed by atoms with van der Waals surface area (Å²) >= 11 is 11.9. The molecule has 32 heavy (non-hydrogen) atoms. The standard InChI is InChI=1S/C21H17Cl2N5O4/c1-32-12-5-2-10(3-6-12)25-21-27-18-17(20(31)28-21)13(9-16(29)26-18)19(30)24-11-4-7-14(22)15(23)8-11/h2-8,13H,9H2,1H3,(H,24,30)(H3,25,26,27,28,29,31)/t13-/m1/s1. The van der Waals surface area contributed by atoms with Gasteiger partial charge in [0.1, 0.15) is 11.6 Å². The number of aromatic nitrogens is 2. The number of aromatic amines is 1. The van der Waals surface area contributed by atoms with E-state index in [1.54, 1.807) is 37.4 Å². The lowest BCUT2D eigenvalue weighted by Gasteiger charge is -2.23. The number of benzene rings is 2. The predicted octanol–water partition coefficient (Wildman–Crippen LogP) is 3.89. The number of ether oxygens (including phenoxy) is 1. The number of nitrogens with one attached hydrogen (secondary N) is 4. The molecule has 0 radical (unpaired) electrons. The van der Waals surface area contributed by atoms with Gasteiger partial charge in [-0.1, -0.05) is 23.2 Å². The molecule has 1 aliphatic rings. The van der Waals surface area contributed by atoms with Crippen molar-refractivity contribution in [1.82, 2.24) is 9.97 Å². The maximum atomic E-state index is 12.9. The number of methoxy groups -OCH3 is 1. The third-order valence-electron chi connectivity index (χ3n) is 4.81. The van der Waals surface area contributed by atoms with Crippen LogP contribution < -0.4 is 26.2 Å². The number of rotatable bonds is 5. The van der Waals surface area contributed by atoms with Crippen molar-refractivity contribution in [2.45, 2.75) is 12.3 Å². The Bertz CT molecular complexity index is 1260. The molecule has 0 saturated heterocycles. The van der Waals surface area contributed by atoms with Gasteiger partial charge in [0.05, 0.1) is 28.6 Å². The predicted molar refractivity (Wildman–Crippen MR) is 122 cm³/mol. The number of halogens is 2. The Kier molecular flexibility index (Phi) is 6.02. The van der Waals surface area contributed by atoms with E-state index in [0.717, 1.165) is 0 Å². The zero-order valence-electron chi connectivity index (χ0n) is 16.7. The van der Waals surface area contributed by atoms with Crippen molar-refractivity contribution in [2.75, 3.05) is 23.1 Å². The zero-order valence-corrected chi connectivity index (χ0v) is 18.2. The molecule has 164 valence electrons. The smallest absolute Gasteiger partial charge is 0.258 e. The van der Waals surface area contributed by atoms with Crippen LogP contribution in [0.25, 0.3) is 0 Å². The number of amides is 2. The Labute approximate surface area is 192 Å². The van der Waals surface area contributed by atoms with Gasteiger partial charge >= 0.3 is 0 Å². The fraction of sp³-hybridized carbons (Fsp3) is 0.143. The van der Waals surface area contributed by atoms with Crippen LogP contribution in [0.5, 0.6) is 5.75 Å². The summed E-state index contributed by atoms with van der Waals surface area (Å²) in [5.74, 6) is -1.19. The van der Waals surface area contributed by atoms with Crippen molar-refractivity contribution in [3.63, 3.8) is 0 Å². The Balaban J connectivity index is 1.61. The Morgan fingerprint density at radius 2 is 1.81 bits per heavy atom. The minimum absolute atomic E-state index is 0.0234. The number of carbonyl (C=O) groups is 2. The molecule has 0 aliphatic carbocycles. The maximum absolute atomic E-state index is 12.9. The summed E-state index contributed by atoms with van der Waals surface area (Å²) in [5, 5.41) is 8.78. The van der Waals surface area contributed by atoms with E-state index in [0.29, 0.717) is 22.1 Å². The first-order chi connectivity index (χ1) is 15.3. The minimum atomic E-state index is -1.03. The summed E-state index contributed by atoms with van der Waals surface area (Å²) in [6, 6.07) is 11.5. The maximum Gasteiger partial charge on any atom is 0.258 e. The summed E-state index contributed by atoms with van der Waals surface area (Å²) in [5.41, 5.74) is 0.562. The quantitative estimate of drug-likeness (QED) is 0.445. The van der Waals surface area contributed by atoms with Gasteiger partial charge in [0.15, 0.2) is 0 Å². The van der Waals surface area contributed by atoms with Crippen molar-refractivity contribution in [3.05, 3.63) is 68.4 Å². The highest BCUT2D eigenvalue weighted by Crippen LogP contribution is 2.31. The van der Waals surface area contributed by atoms with Crippen molar-refractivity contribution in [1.29, 1.82) is 0 Å². The molecule has 0 unspecified atom stereocenters. The van der Waals surface area contributed by atoms with Crippen LogP contribution in [0.1, 0.15) is 17.9 Å². The number of hydrogen-bond acceptors (Lipinski definition) is 6. The molecule has 4 rings (SSSR count). The second kappa shape index (κ2) is 8.89. The second-order valence-electron chi connectivity index (χ2n) is 6.95. The molecule has 2 amide bonds. The normalized spacial score (nSPS) is 14.8. The summed E-state index contributed by atoms with van der Waals surface area (Å²) in [7, 11) is 1.56. The fourth-order valence-corrected chi connectivity index (χ4v) is 3.57. The lowest BCUT2D eigenvalue weighted by atomic mass is 9.92. The average molecular weight is 474 g/mol. The van der Waals surface area contributed by atoms with E-state index < -0.39 is 23.3 Å². The molecule has 4 N–H and O–H groups in total. The first-order valence-electron chi connectivity index (χ1n) is 9.45. The monoisotopic (exact) mass is 473 g/mol. The first-order valence-corrected chi connectivity index (χ1v) is 10.2. The van der Waals surface area contributed by atoms with Gasteiger partial charge in [-0.2, -0.15) is 4.98 Å². The zero-order chi connectivity index (χ0) is 22.8. The molecule has 2 heterocycles. The largest absolute Gasteiger partial charge is 0.497 e. The van der Waals surface area contributed by atoms with Gasteiger partial charge in [-0.15, -0.1) is 0 Å². The van der Waals surface area contributed by atoms with Crippen molar-refractivity contribution in [3.8, 4) is 5.75 Å². The molecule has 1 atom stereocenters. The summed E-state index contributed by atoms with van der Waals surface area (Å²) in [6.07, 6.45) is -0.198. The molecule has 1 aromatic heterocycles. The van der Waals surface area contributed by atoms with E-state index in [4.69, 9.17) is 27.9 Å². The fourth-order valence-electron chi connectivity index (χ4n) is 3.27. The highest BCUT2D eigenvalue weighted by atomic mass is 35.5. The molecule has 0 spiro atoms. The number of nitrogens with zero attached hydrogens (tertiary/aromatic N) is 1. The van der Waals surface area contributed by atoms with E-state index >= 15 is 0 Å². The molecule has 0 saturated carbocycles. The molecule has 2 aromatic carbocycles. The van der Waals surface area contributed by atoms with E-state index in [9.17, 15) is 14.4 Å². The molecule has 0 fully saturated rings. The third-order valence-corrected chi connectivity index (χ3v) is 5.55. The Morgan fingerprint density at radius 1 is 1.09 bits per heavy atom. The van der Waals surface area contributed by atoms with Gasteiger partial charge < -0.3 is 20.7 Å². The summed E-state index contributed by atoms with van der Waals surface area (Å²) in [6.45, 7) is 0. The summed E-state index contributed by atoms with van der Waals surface area (Å²) < 4.78 is 5.11. The van der Waals surface area contributed by atoms with E-state index in [2.05, 4.69) is 25.9 Å². The number of anilines is 4. The van der Waals surface area contributed by atoms with Crippen molar-refractivity contribution in [2.24, 2.45) is 0 Å². The van der Waals surface area contributed by atoms with Crippen LogP contribution in [0.15, 0.2) is 47.3 Å². The third kappa shape index (κ3) is 4.53.